The zero-order chi connectivity index (χ0) is 27.3. The lowest BCUT2D eigenvalue weighted by molar-refractivity contribution is -0.147. The van der Waals surface area contributed by atoms with Crippen LogP contribution < -0.4 is 16.4 Å². The van der Waals surface area contributed by atoms with Gasteiger partial charge >= 0.3 is 5.97 Å². The third kappa shape index (κ3) is 12.8. The minimum absolute atomic E-state index is 0.0617. The first-order valence-electron chi connectivity index (χ1n) is 12.6. The van der Waals surface area contributed by atoms with Gasteiger partial charge in [-0.15, -0.1) is 0 Å². The van der Waals surface area contributed by atoms with Gasteiger partial charge in [0.05, 0.1) is 25.6 Å². The second-order valence-corrected chi connectivity index (χ2v) is 16.3. The number of anilines is 1. The Labute approximate surface area is 215 Å². The highest BCUT2D eigenvalue weighted by atomic mass is 28.3. The van der Waals surface area contributed by atoms with Crippen LogP contribution in [0.3, 0.4) is 0 Å². The maximum Gasteiger partial charge on any atom is 0.306 e. The predicted octanol–water partition coefficient (Wildman–Crippen LogP) is 3.19. The topological polar surface area (TPSA) is 148 Å². The molecule has 202 valence electrons. The Morgan fingerprint density at radius 3 is 2.19 bits per heavy atom. The third-order valence-electron chi connectivity index (χ3n) is 5.85. The fourth-order valence-electron chi connectivity index (χ4n) is 3.46. The van der Waals surface area contributed by atoms with Crippen molar-refractivity contribution in [2.24, 2.45) is 17.6 Å². The normalized spacial score (nSPS) is 13.1. The number of hydrogen-bond acceptors (Lipinski definition) is 6. The maximum atomic E-state index is 13.2. The average molecular weight is 522 g/mol. The maximum absolute atomic E-state index is 13.2. The molecule has 2 atom stereocenters. The number of carbonyl (C=O) groups excluding carboxylic acids is 4. The van der Waals surface area contributed by atoms with E-state index in [1.54, 1.807) is 24.3 Å². The number of hydrogen-bond donors (Lipinski definition) is 4. The number of nitrogens with one attached hydrogen (secondary N) is 2. The van der Waals surface area contributed by atoms with Crippen molar-refractivity contribution in [1.29, 1.82) is 0 Å². The molecule has 9 nitrogen and oxygen atoms in total. The molecule has 10 heteroatoms. The van der Waals surface area contributed by atoms with Crippen molar-refractivity contribution in [3.05, 3.63) is 29.8 Å². The Kier molecular flexibility index (Phi) is 13.4. The molecule has 0 aliphatic heterocycles. The van der Waals surface area contributed by atoms with Crippen LogP contribution in [0.5, 0.6) is 0 Å². The first kappa shape index (κ1) is 31.3. The number of unbranched alkanes of at least 4 members (excludes halogenated alkanes) is 1. The van der Waals surface area contributed by atoms with Crippen LogP contribution in [0, 0.1) is 11.8 Å². The SMILES string of the molecule is CC(C)[C@H](CC(=O)OCC[Si](C)(C)C)C(=O)N[C@@H](CCCCC(N)=O)C(=O)Nc1ccc(CO)cc1. The first-order valence-corrected chi connectivity index (χ1v) is 16.3. The van der Waals surface area contributed by atoms with Crippen molar-refractivity contribution in [2.75, 3.05) is 11.9 Å². The summed E-state index contributed by atoms with van der Waals surface area (Å²) in [5, 5.41) is 14.8. The summed E-state index contributed by atoms with van der Waals surface area (Å²) in [4.78, 5) is 49.6. The average Bonchev–Trinajstić information content (AvgIpc) is 2.78. The lowest BCUT2D eigenvalue weighted by Crippen LogP contribution is -2.47. The lowest BCUT2D eigenvalue weighted by atomic mass is 9.91. The Hall–Kier alpha value is -2.72. The number of carbonyl (C=O) groups is 4. The highest BCUT2D eigenvalue weighted by Gasteiger charge is 2.30. The van der Waals surface area contributed by atoms with Gasteiger partial charge in [0, 0.05) is 20.2 Å². The van der Waals surface area contributed by atoms with Gasteiger partial charge in [0.2, 0.25) is 17.7 Å². The minimum Gasteiger partial charge on any atom is -0.466 e. The number of amides is 3. The number of primary amides is 1. The summed E-state index contributed by atoms with van der Waals surface area (Å²) < 4.78 is 5.38. The number of rotatable bonds is 16. The standard InChI is InChI=1S/C26H43N3O6Si/c1-18(2)21(16-24(32)35-14-15-36(3,4)5)25(33)29-22(8-6-7-9-23(27)31)26(34)28-20-12-10-19(17-30)11-13-20/h10-13,18,21-22,30H,6-9,14-17H2,1-5H3,(H2,27,31)(H,28,34)(H,29,33)/t21-,22-/m0/s1. The Morgan fingerprint density at radius 2 is 1.67 bits per heavy atom. The van der Waals surface area contributed by atoms with Gasteiger partial charge in [-0.3, -0.25) is 19.2 Å². The molecule has 3 amide bonds. The Morgan fingerprint density at radius 1 is 1.03 bits per heavy atom. The number of benzene rings is 1. The van der Waals surface area contributed by atoms with Crippen molar-refractivity contribution >= 4 is 37.5 Å². The van der Waals surface area contributed by atoms with Gasteiger partial charge in [0.1, 0.15) is 6.04 Å². The van der Waals surface area contributed by atoms with Crippen molar-refractivity contribution in [2.45, 2.75) is 84.3 Å². The molecular weight excluding hydrogens is 478 g/mol. The second kappa shape index (κ2) is 15.4. The van der Waals surface area contributed by atoms with Gasteiger partial charge < -0.3 is 26.2 Å². The molecule has 0 heterocycles. The second-order valence-electron chi connectivity index (χ2n) is 10.7. The van der Waals surface area contributed by atoms with E-state index in [1.165, 1.54) is 0 Å². The van der Waals surface area contributed by atoms with E-state index in [4.69, 9.17) is 10.5 Å². The van der Waals surface area contributed by atoms with Crippen LogP contribution in [0.25, 0.3) is 0 Å². The molecule has 5 N–H and O–H groups in total. The van der Waals surface area contributed by atoms with E-state index < -0.39 is 43.7 Å². The molecule has 1 aromatic rings. The number of aliphatic hydroxyl groups excluding tert-OH is 1. The molecule has 0 saturated heterocycles. The van der Waals surface area contributed by atoms with Crippen molar-refractivity contribution < 1.29 is 29.0 Å². The van der Waals surface area contributed by atoms with Crippen LogP contribution >= 0.6 is 0 Å². The summed E-state index contributed by atoms with van der Waals surface area (Å²) in [6, 6.07) is 6.72. The fraction of sp³-hybridized carbons (Fsp3) is 0.615. The molecule has 0 unspecified atom stereocenters. The Bertz CT molecular complexity index is 867. The van der Waals surface area contributed by atoms with E-state index in [0.29, 0.717) is 37.1 Å². The molecule has 1 rings (SSSR count). The first-order chi connectivity index (χ1) is 16.8. The molecule has 36 heavy (non-hydrogen) atoms. The summed E-state index contributed by atoms with van der Waals surface area (Å²) >= 11 is 0. The number of esters is 1. The van der Waals surface area contributed by atoms with Crippen LogP contribution in [0.15, 0.2) is 24.3 Å². The molecule has 0 saturated carbocycles. The van der Waals surface area contributed by atoms with Crippen LogP contribution in [0.4, 0.5) is 5.69 Å². The lowest BCUT2D eigenvalue weighted by Gasteiger charge is -2.24. The zero-order valence-electron chi connectivity index (χ0n) is 22.3. The van der Waals surface area contributed by atoms with Crippen LogP contribution in [-0.2, 0) is 30.5 Å². The van der Waals surface area contributed by atoms with Crippen LogP contribution in [-0.4, -0.2) is 49.5 Å². The quantitative estimate of drug-likeness (QED) is 0.149. The number of nitrogens with two attached hydrogens (primary N) is 1. The number of ether oxygens (including phenoxy) is 1. The molecule has 0 spiro atoms. The van der Waals surface area contributed by atoms with E-state index in [0.717, 1.165) is 6.04 Å². The summed E-state index contributed by atoms with van der Waals surface area (Å²) in [6.45, 7) is 10.5. The van der Waals surface area contributed by atoms with Crippen molar-refractivity contribution in [3.63, 3.8) is 0 Å². The molecule has 0 radical (unpaired) electrons. The molecule has 1 aromatic carbocycles. The molecule has 0 aliphatic carbocycles. The van der Waals surface area contributed by atoms with Crippen molar-refractivity contribution in [3.8, 4) is 0 Å². The number of aliphatic hydroxyl groups is 1. The van der Waals surface area contributed by atoms with Crippen LogP contribution in [0.2, 0.25) is 25.7 Å². The highest BCUT2D eigenvalue weighted by Crippen LogP contribution is 2.19. The molecular formula is C26H43N3O6Si. The van der Waals surface area contributed by atoms with Gasteiger partial charge in [-0.25, -0.2) is 0 Å². The van der Waals surface area contributed by atoms with E-state index >= 15 is 0 Å². The van der Waals surface area contributed by atoms with Gasteiger partial charge in [-0.05, 0) is 42.5 Å². The summed E-state index contributed by atoms with van der Waals surface area (Å²) in [5.41, 5.74) is 6.44. The van der Waals surface area contributed by atoms with Gasteiger partial charge in [0.25, 0.3) is 0 Å². The largest absolute Gasteiger partial charge is 0.466 e. The molecule has 0 aromatic heterocycles. The van der Waals surface area contributed by atoms with Gasteiger partial charge in [-0.1, -0.05) is 52.0 Å². The molecule has 0 fully saturated rings. The summed E-state index contributed by atoms with van der Waals surface area (Å²) in [5.74, 6) is -2.42. The van der Waals surface area contributed by atoms with Crippen molar-refractivity contribution in [1.82, 2.24) is 5.32 Å². The van der Waals surface area contributed by atoms with E-state index in [9.17, 15) is 24.3 Å². The van der Waals surface area contributed by atoms with Gasteiger partial charge in [0.15, 0.2) is 0 Å². The minimum atomic E-state index is -1.35. The van der Waals surface area contributed by atoms with Crippen LogP contribution in [0.1, 0.15) is 51.5 Å². The molecule has 0 bridgehead atoms. The predicted molar refractivity (Wildman–Crippen MR) is 143 cm³/mol. The summed E-state index contributed by atoms with van der Waals surface area (Å²) in [6.07, 6.45) is 1.45. The van der Waals surface area contributed by atoms with E-state index in [1.807, 2.05) is 13.8 Å². The highest BCUT2D eigenvalue weighted by molar-refractivity contribution is 6.76. The zero-order valence-corrected chi connectivity index (χ0v) is 23.3. The molecule has 0 aliphatic rings. The van der Waals surface area contributed by atoms with E-state index in [2.05, 4.69) is 30.3 Å². The van der Waals surface area contributed by atoms with E-state index in [-0.39, 0.29) is 25.4 Å². The fourth-order valence-corrected chi connectivity index (χ4v) is 4.17. The summed E-state index contributed by atoms with van der Waals surface area (Å²) in [7, 11) is -1.35. The smallest absolute Gasteiger partial charge is 0.306 e. The third-order valence-corrected chi connectivity index (χ3v) is 7.55. The Balaban J connectivity index is 2.86. The monoisotopic (exact) mass is 521 g/mol. The van der Waals surface area contributed by atoms with Gasteiger partial charge in [-0.2, -0.15) is 0 Å².